The molecule has 0 saturated carbocycles. The molecule has 23 heavy (non-hydrogen) atoms. The quantitative estimate of drug-likeness (QED) is 0.704. The zero-order valence-electron chi connectivity index (χ0n) is 12.5. The summed E-state index contributed by atoms with van der Waals surface area (Å²) in [4.78, 5) is 20.9. The van der Waals surface area contributed by atoms with Crippen molar-refractivity contribution in [2.75, 3.05) is 11.1 Å². The van der Waals surface area contributed by atoms with E-state index in [1.165, 1.54) is 0 Å². The van der Waals surface area contributed by atoms with Crippen LogP contribution in [0.3, 0.4) is 0 Å². The molecule has 7 heteroatoms. The first-order chi connectivity index (χ1) is 11.3. The molecule has 0 atom stereocenters. The van der Waals surface area contributed by atoms with E-state index < -0.39 is 0 Å². The van der Waals surface area contributed by atoms with E-state index in [1.54, 1.807) is 36.4 Å². The number of nitrogens with zero attached hydrogens (tertiary/aromatic N) is 3. The Bertz CT molecular complexity index is 786. The number of aromatic nitrogens is 4. The van der Waals surface area contributed by atoms with Gasteiger partial charge in [-0.15, -0.1) is 11.8 Å². The summed E-state index contributed by atoms with van der Waals surface area (Å²) < 4.78 is 0. The second kappa shape index (κ2) is 7.06. The molecule has 6 nitrogen and oxygen atoms in total. The Morgan fingerprint density at radius 2 is 2.13 bits per heavy atom. The van der Waals surface area contributed by atoms with E-state index in [9.17, 15) is 4.79 Å². The topological polar surface area (TPSA) is 83.6 Å². The number of anilines is 1. The van der Waals surface area contributed by atoms with Crippen molar-refractivity contribution < 1.29 is 4.79 Å². The van der Waals surface area contributed by atoms with Gasteiger partial charge in [0.05, 0.1) is 28.2 Å². The number of carbonyl (C=O) groups is 1. The Morgan fingerprint density at radius 3 is 2.83 bits per heavy atom. The van der Waals surface area contributed by atoms with Gasteiger partial charge < -0.3 is 5.32 Å². The van der Waals surface area contributed by atoms with Crippen molar-refractivity contribution in [3.05, 3.63) is 54.5 Å². The van der Waals surface area contributed by atoms with E-state index in [2.05, 4.69) is 32.4 Å². The van der Waals surface area contributed by atoms with Crippen molar-refractivity contribution in [1.82, 2.24) is 20.2 Å². The summed E-state index contributed by atoms with van der Waals surface area (Å²) >= 11 is 1.63. The van der Waals surface area contributed by atoms with Crippen LogP contribution in [0, 0.1) is 0 Å². The van der Waals surface area contributed by atoms with E-state index >= 15 is 0 Å². The monoisotopic (exact) mass is 325 g/mol. The highest BCUT2D eigenvalue weighted by atomic mass is 32.2. The maximum Gasteiger partial charge on any atom is 0.257 e. The minimum absolute atomic E-state index is 0.232. The second-order valence-corrected chi connectivity index (χ2v) is 5.93. The average Bonchev–Trinajstić information content (AvgIpc) is 3.05. The first kappa shape index (κ1) is 15.2. The molecule has 0 aliphatic heterocycles. The predicted molar refractivity (Wildman–Crippen MR) is 90.4 cm³/mol. The molecule has 3 aromatic heterocycles. The van der Waals surface area contributed by atoms with Gasteiger partial charge in [0, 0.05) is 12.4 Å². The van der Waals surface area contributed by atoms with Gasteiger partial charge in [0.15, 0.2) is 0 Å². The molecule has 3 rings (SSSR count). The number of amides is 1. The zero-order valence-corrected chi connectivity index (χ0v) is 13.3. The molecule has 0 spiro atoms. The van der Waals surface area contributed by atoms with Crippen LogP contribution in [-0.2, 0) is 0 Å². The molecule has 0 bridgehead atoms. The summed E-state index contributed by atoms with van der Waals surface area (Å²) in [6, 6.07) is 9.17. The third-order valence-corrected chi connectivity index (χ3v) is 3.93. The van der Waals surface area contributed by atoms with Crippen molar-refractivity contribution >= 4 is 23.4 Å². The van der Waals surface area contributed by atoms with Gasteiger partial charge in [0.1, 0.15) is 5.69 Å². The summed E-state index contributed by atoms with van der Waals surface area (Å²) in [6.45, 7) is 2.06. The highest BCUT2D eigenvalue weighted by molar-refractivity contribution is 7.99. The van der Waals surface area contributed by atoms with Crippen LogP contribution in [0.2, 0.25) is 0 Å². The normalized spacial score (nSPS) is 10.5. The van der Waals surface area contributed by atoms with E-state index in [4.69, 9.17) is 0 Å². The number of aromatic amines is 1. The number of hydrogen-bond acceptors (Lipinski definition) is 5. The molecule has 3 aromatic rings. The number of pyridine rings is 2. The predicted octanol–water partition coefficient (Wildman–Crippen LogP) is 3.23. The van der Waals surface area contributed by atoms with Crippen LogP contribution >= 0.6 is 11.8 Å². The Kier molecular flexibility index (Phi) is 4.68. The molecular formula is C16H15N5OS. The fraction of sp³-hybridized carbons (Fsp3) is 0.125. The summed E-state index contributed by atoms with van der Waals surface area (Å²) in [5.41, 5.74) is 2.47. The fourth-order valence-electron chi connectivity index (χ4n) is 2.03. The first-order valence-corrected chi connectivity index (χ1v) is 8.11. The van der Waals surface area contributed by atoms with E-state index in [0.29, 0.717) is 22.6 Å². The van der Waals surface area contributed by atoms with Crippen molar-refractivity contribution in [1.29, 1.82) is 0 Å². The first-order valence-electron chi connectivity index (χ1n) is 7.13. The molecule has 2 N–H and O–H groups in total. The number of nitrogens with one attached hydrogen (secondary N) is 2. The van der Waals surface area contributed by atoms with Crippen LogP contribution in [0.5, 0.6) is 0 Å². The van der Waals surface area contributed by atoms with Gasteiger partial charge >= 0.3 is 0 Å². The van der Waals surface area contributed by atoms with Crippen LogP contribution in [0.25, 0.3) is 11.4 Å². The minimum Gasteiger partial charge on any atom is -0.319 e. The molecule has 0 unspecified atom stereocenters. The maximum atomic E-state index is 12.3. The van der Waals surface area contributed by atoms with Gasteiger partial charge in [0.25, 0.3) is 5.91 Å². The molecule has 0 aliphatic carbocycles. The molecule has 116 valence electrons. The summed E-state index contributed by atoms with van der Waals surface area (Å²) in [5.74, 6) is 0.713. The molecule has 1 amide bonds. The van der Waals surface area contributed by atoms with Crippen LogP contribution < -0.4 is 5.32 Å². The fourth-order valence-corrected chi connectivity index (χ4v) is 2.62. The molecular weight excluding hydrogens is 310 g/mol. The number of thioether (sulfide) groups is 1. The Morgan fingerprint density at radius 1 is 1.22 bits per heavy atom. The third kappa shape index (κ3) is 3.57. The third-order valence-electron chi connectivity index (χ3n) is 3.10. The van der Waals surface area contributed by atoms with Gasteiger partial charge in [-0.2, -0.15) is 5.10 Å². The number of carbonyl (C=O) groups excluding carboxylic acids is 1. The lowest BCUT2D eigenvalue weighted by molar-refractivity contribution is 0.102. The summed E-state index contributed by atoms with van der Waals surface area (Å²) in [7, 11) is 0. The average molecular weight is 325 g/mol. The number of H-pyrrole nitrogens is 1. The largest absolute Gasteiger partial charge is 0.319 e. The van der Waals surface area contributed by atoms with E-state index in [1.807, 2.05) is 24.3 Å². The maximum absolute atomic E-state index is 12.3. The van der Waals surface area contributed by atoms with Crippen LogP contribution in [-0.4, -0.2) is 31.8 Å². The molecule has 0 saturated heterocycles. The SMILES string of the molecule is CCSc1ccc(C(=O)Nc2cn[nH]c2-c2ccccn2)cn1. The molecule has 0 aromatic carbocycles. The molecule has 0 radical (unpaired) electrons. The Hall–Kier alpha value is -2.67. The van der Waals surface area contributed by atoms with Crippen molar-refractivity contribution in [2.24, 2.45) is 0 Å². The Balaban J connectivity index is 1.77. The molecule has 0 fully saturated rings. The van der Waals surface area contributed by atoms with Crippen molar-refractivity contribution in [2.45, 2.75) is 11.9 Å². The van der Waals surface area contributed by atoms with Crippen LogP contribution in [0.1, 0.15) is 17.3 Å². The standard InChI is InChI=1S/C16H15N5OS/c1-2-23-14-7-6-11(9-18-14)16(22)20-13-10-19-21-15(13)12-5-3-4-8-17-12/h3-10H,2H2,1H3,(H,19,21)(H,20,22). The smallest absolute Gasteiger partial charge is 0.257 e. The number of rotatable bonds is 5. The van der Waals surface area contributed by atoms with Gasteiger partial charge in [-0.05, 0) is 30.0 Å². The van der Waals surface area contributed by atoms with Crippen LogP contribution in [0.15, 0.2) is 53.9 Å². The Labute approximate surface area is 137 Å². The molecule has 3 heterocycles. The van der Waals surface area contributed by atoms with Gasteiger partial charge in [0.2, 0.25) is 0 Å². The summed E-state index contributed by atoms with van der Waals surface area (Å²) in [5, 5.41) is 10.6. The van der Waals surface area contributed by atoms with Gasteiger partial charge in [-0.25, -0.2) is 4.98 Å². The summed E-state index contributed by atoms with van der Waals surface area (Å²) in [6.07, 6.45) is 4.83. The molecule has 0 aliphatic rings. The van der Waals surface area contributed by atoms with Crippen molar-refractivity contribution in [3.63, 3.8) is 0 Å². The second-order valence-electron chi connectivity index (χ2n) is 4.65. The zero-order chi connectivity index (χ0) is 16.1. The van der Waals surface area contributed by atoms with Crippen molar-refractivity contribution in [3.8, 4) is 11.4 Å². The van der Waals surface area contributed by atoms with E-state index in [-0.39, 0.29) is 5.91 Å². The van der Waals surface area contributed by atoms with Gasteiger partial charge in [-0.3, -0.25) is 14.9 Å². The highest BCUT2D eigenvalue weighted by Gasteiger charge is 2.13. The highest BCUT2D eigenvalue weighted by Crippen LogP contribution is 2.23. The number of hydrogen-bond donors (Lipinski definition) is 2. The lowest BCUT2D eigenvalue weighted by atomic mass is 10.2. The minimum atomic E-state index is -0.232. The lowest BCUT2D eigenvalue weighted by Crippen LogP contribution is -2.12. The van der Waals surface area contributed by atoms with Gasteiger partial charge in [-0.1, -0.05) is 13.0 Å². The van der Waals surface area contributed by atoms with E-state index in [0.717, 1.165) is 10.8 Å². The van der Waals surface area contributed by atoms with Crippen LogP contribution in [0.4, 0.5) is 5.69 Å². The lowest BCUT2D eigenvalue weighted by Gasteiger charge is -2.06.